The highest BCUT2D eigenvalue weighted by Crippen LogP contribution is 2.39. The van der Waals surface area contributed by atoms with Gasteiger partial charge >= 0.3 is 12.1 Å². The molecule has 0 bridgehead atoms. The predicted octanol–water partition coefficient (Wildman–Crippen LogP) is 5.73. The van der Waals surface area contributed by atoms with Crippen molar-refractivity contribution >= 4 is 33.3 Å². The molecule has 1 fully saturated rings. The third kappa shape index (κ3) is 6.50. The lowest BCUT2D eigenvalue weighted by Gasteiger charge is -2.19. The fourth-order valence-corrected chi connectivity index (χ4v) is 5.21. The minimum atomic E-state index is -4.69. The lowest BCUT2D eigenvalue weighted by Crippen LogP contribution is -2.23. The number of aromatic carboxylic acids is 1. The van der Waals surface area contributed by atoms with Crippen molar-refractivity contribution in [1.29, 1.82) is 0 Å². The third-order valence-corrected chi connectivity index (χ3v) is 7.38. The highest BCUT2D eigenvalue weighted by Gasteiger charge is 2.36. The van der Waals surface area contributed by atoms with E-state index in [1.807, 2.05) is 11.9 Å². The summed E-state index contributed by atoms with van der Waals surface area (Å²) in [6.45, 7) is 1.12. The van der Waals surface area contributed by atoms with Gasteiger partial charge in [0.1, 0.15) is 23.4 Å². The largest absolute Gasteiger partial charge is 0.488 e. The number of halogens is 4. The van der Waals surface area contributed by atoms with Crippen molar-refractivity contribution in [3.05, 3.63) is 76.8 Å². The highest BCUT2D eigenvalue weighted by molar-refractivity contribution is 7.92. The van der Waals surface area contributed by atoms with E-state index in [9.17, 15) is 26.4 Å². The number of ether oxygens (including phenoxy) is 2. The predicted molar refractivity (Wildman–Crippen MR) is 134 cm³/mol. The molecular formula is C25H22ClF3N2O6S. The number of carboxylic acids is 1. The molecule has 3 aromatic rings. The minimum Gasteiger partial charge on any atom is -0.488 e. The molecule has 1 unspecified atom stereocenters. The van der Waals surface area contributed by atoms with E-state index in [0.29, 0.717) is 19.5 Å². The number of rotatable bonds is 8. The molecule has 1 atom stereocenters. The number of nitrogens with zero attached hydrogens (tertiary/aromatic N) is 1. The zero-order valence-corrected chi connectivity index (χ0v) is 21.4. The van der Waals surface area contributed by atoms with Crippen LogP contribution in [0.5, 0.6) is 17.2 Å². The average Bonchev–Trinajstić information content (AvgIpc) is 3.24. The number of carboxylic acid groups (broad SMARTS) is 1. The van der Waals surface area contributed by atoms with Gasteiger partial charge in [-0.05, 0) is 62.0 Å². The molecule has 1 aliphatic heterocycles. The molecule has 2 N–H and O–H groups in total. The third-order valence-electron chi connectivity index (χ3n) is 5.70. The van der Waals surface area contributed by atoms with E-state index in [4.69, 9.17) is 26.2 Å². The first-order chi connectivity index (χ1) is 17.8. The van der Waals surface area contributed by atoms with E-state index in [0.717, 1.165) is 24.3 Å². The van der Waals surface area contributed by atoms with E-state index in [2.05, 4.69) is 4.72 Å². The number of benzene rings is 3. The van der Waals surface area contributed by atoms with E-state index in [1.54, 1.807) is 0 Å². The van der Waals surface area contributed by atoms with Crippen LogP contribution in [0.1, 0.15) is 22.3 Å². The monoisotopic (exact) mass is 570 g/mol. The number of sulfonamides is 1. The summed E-state index contributed by atoms with van der Waals surface area (Å²) in [5, 5.41) is 9.02. The summed E-state index contributed by atoms with van der Waals surface area (Å²) in [5.74, 6) is -1.38. The molecule has 0 radical (unpaired) electrons. The van der Waals surface area contributed by atoms with Gasteiger partial charge in [-0.15, -0.1) is 0 Å². The maximum absolute atomic E-state index is 13.5. The number of nitrogens with one attached hydrogen (secondary N) is 1. The van der Waals surface area contributed by atoms with Gasteiger partial charge in [-0.25, -0.2) is 13.2 Å². The lowest BCUT2D eigenvalue weighted by atomic mass is 10.1. The van der Waals surface area contributed by atoms with Crippen LogP contribution in [0.25, 0.3) is 0 Å². The van der Waals surface area contributed by atoms with Gasteiger partial charge in [-0.1, -0.05) is 17.7 Å². The van der Waals surface area contributed by atoms with Gasteiger partial charge in [0, 0.05) is 19.2 Å². The fraction of sp³-hybridized carbons (Fsp3) is 0.240. The first kappa shape index (κ1) is 27.6. The van der Waals surface area contributed by atoms with Crippen molar-refractivity contribution in [1.82, 2.24) is 4.90 Å². The normalized spacial score (nSPS) is 16.3. The summed E-state index contributed by atoms with van der Waals surface area (Å²) in [6.07, 6.45) is -4.61. The highest BCUT2D eigenvalue weighted by atomic mass is 35.5. The number of carbonyl (C=O) groups is 1. The molecule has 1 saturated heterocycles. The molecule has 1 aliphatic rings. The van der Waals surface area contributed by atoms with Gasteiger partial charge in [0.15, 0.2) is 0 Å². The van der Waals surface area contributed by atoms with Crippen molar-refractivity contribution in [2.45, 2.75) is 23.6 Å². The molecular weight excluding hydrogens is 549 g/mol. The molecule has 38 heavy (non-hydrogen) atoms. The molecule has 0 aromatic heterocycles. The second-order valence-electron chi connectivity index (χ2n) is 8.63. The van der Waals surface area contributed by atoms with Gasteiger partial charge in [0.25, 0.3) is 10.0 Å². The van der Waals surface area contributed by atoms with Crippen LogP contribution in [0, 0.1) is 0 Å². The van der Waals surface area contributed by atoms with Gasteiger partial charge in [0.2, 0.25) is 0 Å². The summed E-state index contributed by atoms with van der Waals surface area (Å²) in [4.78, 5) is 12.8. The van der Waals surface area contributed by atoms with E-state index >= 15 is 0 Å². The lowest BCUT2D eigenvalue weighted by molar-refractivity contribution is -0.139. The van der Waals surface area contributed by atoms with E-state index in [-0.39, 0.29) is 32.7 Å². The van der Waals surface area contributed by atoms with E-state index < -0.39 is 39.6 Å². The second kappa shape index (κ2) is 10.7. The van der Waals surface area contributed by atoms with Crippen LogP contribution in [0.15, 0.2) is 65.6 Å². The molecule has 202 valence electrons. The average molecular weight is 571 g/mol. The number of anilines is 1. The zero-order chi connectivity index (χ0) is 27.7. The summed E-state index contributed by atoms with van der Waals surface area (Å²) in [5.41, 5.74) is -1.14. The quantitative estimate of drug-likeness (QED) is 0.356. The van der Waals surface area contributed by atoms with Crippen LogP contribution >= 0.6 is 11.6 Å². The van der Waals surface area contributed by atoms with Crippen LogP contribution in [0.3, 0.4) is 0 Å². The second-order valence-corrected chi connectivity index (χ2v) is 10.7. The molecule has 0 amide bonds. The molecule has 4 rings (SSSR count). The molecule has 1 heterocycles. The Morgan fingerprint density at radius 3 is 2.50 bits per heavy atom. The minimum absolute atomic E-state index is 0.0122. The Kier molecular flexibility index (Phi) is 7.77. The van der Waals surface area contributed by atoms with Gasteiger partial charge in [-0.2, -0.15) is 13.2 Å². The topological polar surface area (TPSA) is 105 Å². The van der Waals surface area contributed by atoms with Crippen LogP contribution < -0.4 is 14.2 Å². The maximum atomic E-state index is 13.5. The van der Waals surface area contributed by atoms with Crippen LogP contribution in [0.2, 0.25) is 5.02 Å². The summed E-state index contributed by atoms with van der Waals surface area (Å²) < 4.78 is 80.0. The number of hydrogen-bond donors (Lipinski definition) is 2. The Labute approximate surface area is 221 Å². The number of likely N-dealkylation sites (tertiary alicyclic amines) is 1. The summed E-state index contributed by atoms with van der Waals surface area (Å²) in [6, 6.07) is 12.0. The first-order valence-corrected chi connectivity index (χ1v) is 13.1. The number of alkyl halides is 3. The van der Waals surface area contributed by atoms with Crippen molar-refractivity contribution in [3.63, 3.8) is 0 Å². The Hall–Kier alpha value is -3.48. The molecule has 3 aromatic carbocycles. The van der Waals surface area contributed by atoms with Crippen LogP contribution in [-0.4, -0.2) is 50.6 Å². The molecule has 0 aliphatic carbocycles. The molecule has 0 spiro atoms. The Bertz CT molecular complexity index is 1470. The van der Waals surface area contributed by atoms with Crippen molar-refractivity contribution < 1.29 is 41.0 Å². The Morgan fingerprint density at radius 2 is 1.87 bits per heavy atom. The van der Waals surface area contributed by atoms with Gasteiger partial charge in [0.05, 0.1) is 26.7 Å². The van der Waals surface area contributed by atoms with E-state index in [1.165, 1.54) is 36.4 Å². The molecule has 0 saturated carbocycles. The van der Waals surface area contributed by atoms with Gasteiger partial charge in [-0.3, -0.25) is 4.72 Å². The van der Waals surface area contributed by atoms with Crippen molar-refractivity contribution in [3.8, 4) is 17.2 Å². The van der Waals surface area contributed by atoms with Gasteiger partial charge < -0.3 is 19.5 Å². The van der Waals surface area contributed by atoms with Crippen molar-refractivity contribution in [2.24, 2.45) is 0 Å². The molecule has 8 nitrogen and oxygen atoms in total. The first-order valence-electron chi connectivity index (χ1n) is 11.2. The smallest absolute Gasteiger partial charge is 0.419 e. The SMILES string of the molecule is CN1CCC(Oc2cc(NS(=O)(=O)c3ccc(Oc4cccc(C(=O)O)c4)c(Cl)c3)ccc2C(F)(F)F)C1. The summed E-state index contributed by atoms with van der Waals surface area (Å²) in [7, 11) is -2.43. The zero-order valence-electron chi connectivity index (χ0n) is 19.8. The van der Waals surface area contributed by atoms with Crippen LogP contribution in [0.4, 0.5) is 18.9 Å². The maximum Gasteiger partial charge on any atom is 0.419 e. The standard InChI is InChI=1S/C25H22ClF3N2O6S/c1-31-10-9-18(14-31)37-23-12-16(5-7-20(23)25(27,28)29)30-38(34,35)19-6-8-22(21(26)13-19)36-17-4-2-3-15(11-17)24(32)33/h2-8,11-13,18,30H,9-10,14H2,1H3,(H,32,33). The Balaban J connectivity index is 1.55. The number of likely N-dealkylation sites (N-methyl/N-ethyl adjacent to an activating group) is 1. The van der Waals surface area contributed by atoms with Crippen molar-refractivity contribution in [2.75, 3.05) is 24.9 Å². The fourth-order valence-electron chi connectivity index (χ4n) is 3.85. The van der Waals surface area contributed by atoms with Crippen LogP contribution in [-0.2, 0) is 16.2 Å². The molecule has 13 heteroatoms. The summed E-state index contributed by atoms with van der Waals surface area (Å²) >= 11 is 6.21. The Morgan fingerprint density at radius 1 is 1.11 bits per heavy atom. The number of hydrogen-bond acceptors (Lipinski definition) is 6.